The van der Waals surface area contributed by atoms with Gasteiger partial charge in [-0.1, -0.05) is 63.2 Å². The Labute approximate surface area is 282 Å². The van der Waals surface area contributed by atoms with Gasteiger partial charge in [0, 0.05) is 11.9 Å². The molecule has 0 saturated heterocycles. The van der Waals surface area contributed by atoms with Gasteiger partial charge in [-0.3, -0.25) is 24.5 Å². The van der Waals surface area contributed by atoms with Crippen LogP contribution in [0.2, 0.25) is 0 Å². The first-order valence-corrected chi connectivity index (χ1v) is 15.8. The molecule has 0 fully saturated rings. The number of amides is 5. The molecule has 0 unspecified atom stereocenters. The van der Waals surface area contributed by atoms with Crippen molar-refractivity contribution in [3.63, 3.8) is 0 Å². The maximum atomic E-state index is 13.5. The van der Waals surface area contributed by atoms with Crippen LogP contribution in [0.15, 0.2) is 53.9 Å². The number of aromatic nitrogens is 1. The molecular formula is C33H40N6O8S. The summed E-state index contributed by atoms with van der Waals surface area (Å²) in [5.41, 5.74) is -0.229. The number of hydrogen-bond acceptors (Lipinski definition) is 9. The monoisotopic (exact) mass is 680 g/mol. The number of rotatable bonds is 12. The summed E-state index contributed by atoms with van der Waals surface area (Å²) in [6, 6.07) is 11.8. The van der Waals surface area contributed by atoms with Crippen molar-refractivity contribution >= 4 is 57.8 Å². The number of hydrogen-bond donors (Lipinski definition) is 6. The minimum Gasteiger partial charge on any atom is -0.478 e. The molecule has 2 aromatic carbocycles. The standard InChI is InChI=1S/C33H40N6O8S/c1-32(2,3)21-14-10-13-20(29(44)45)26(21)38-28(43)22(15-25(41)47-33(4,5)6)36-24(40)17-34-27(42)23-18-48-31(37-23)39-30(46)35-16-19-11-8-7-9-12-19/h7-14,18,22H,15-17H2,1-6H3,(H,34,42)(H,36,40)(H,38,43)(H,44,45)(H2,35,37,39,46)/t22-/m0/s1. The van der Waals surface area contributed by atoms with Gasteiger partial charge in [0.05, 0.1) is 24.2 Å². The van der Waals surface area contributed by atoms with Crippen molar-refractivity contribution in [1.82, 2.24) is 20.9 Å². The lowest BCUT2D eigenvalue weighted by atomic mass is 9.84. The maximum absolute atomic E-state index is 13.5. The molecule has 0 aliphatic heterocycles. The zero-order valence-corrected chi connectivity index (χ0v) is 28.4. The third-order valence-corrected chi connectivity index (χ3v) is 7.21. The minimum atomic E-state index is -1.48. The van der Waals surface area contributed by atoms with Crippen molar-refractivity contribution < 1.29 is 38.6 Å². The molecule has 1 aromatic heterocycles. The largest absolute Gasteiger partial charge is 0.478 e. The first-order chi connectivity index (χ1) is 22.4. The van der Waals surface area contributed by atoms with E-state index in [-0.39, 0.29) is 28.6 Å². The van der Waals surface area contributed by atoms with Crippen LogP contribution in [-0.2, 0) is 31.1 Å². The highest BCUT2D eigenvalue weighted by Crippen LogP contribution is 2.32. The van der Waals surface area contributed by atoms with Gasteiger partial charge in [0.15, 0.2) is 5.13 Å². The van der Waals surface area contributed by atoms with Crippen LogP contribution in [-0.4, -0.2) is 64.0 Å². The fourth-order valence-corrected chi connectivity index (χ4v) is 5.00. The van der Waals surface area contributed by atoms with Gasteiger partial charge in [0.2, 0.25) is 11.8 Å². The highest BCUT2D eigenvalue weighted by atomic mass is 32.1. The van der Waals surface area contributed by atoms with E-state index in [4.69, 9.17) is 4.74 Å². The number of carbonyl (C=O) groups excluding carboxylic acids is 5. The average molecular weight is 681 g/mol. The number of carboxylic acids is 1. The van der Waals surface area contributed by atoms with E-state index in [2.05, 4.69) is 31.6 Å². The molecule has 15 heteroatoms. The van der Waals surface area contributed by atoms with Crippen LogP contribution in [0.25, 0.3) is 0 Å². The summed E-state index contributed by atoms with van der Waals surface area (Å²) in [6.07, 6.45) is -0.573. The van der Waals surface area contributed by atoms with Crippen LogP contribution in [0, 0.1) is 0 Å². The molecule has 256 valence electrons. The Morgan fingerprint density at radius 1 is 0.896 bits per heavy atom. The molecule has 48 heavy (non-hydrogen) atoms. The molecule has 0 aliphatic rings. The van der Waals surface area contributed by atoms with Crippen LogP contribution in [0.3, 0.4) is 0 Å². The predicted molar refractivity (Wildman–Crippen MR) is 180 cm³/mol. The smallest absolute Gasteiger partial charge is 0.337 e. The maximum Gasteiger partial charge on any atom is 0.337 e. The number of nitrogens with zero attached hydrogens (tertiary/aromatic N) is 1. The molecule has 3 rings (SSSR count). The molecule has 0 aliphatic carbocycles. The third kappa shape index (κ3) is 11.5. The lowest BCUT2D eigenvalue weighted by Gasteiger charge is -2.26. The molecular weight excluding hydrogens is 640 g/mol. The summed E-state index contributed by atoms with van der Waals surface area (Å²) < 4.78 is 5.34. The van der Waals surface area contributed by atoms with Gasteiger partial charge < -0.3 is 31.1 Å². The van der Waals surface area contributed by atoms with Gasteiger partial charge in [-0.05, 0) is 43.4 Å². The molecule has 1 atom stereocenters. The number of urea groups is 1. The number of nitrogens with one attached hydrogen (secondary N) is 5. The second-order valence-corrected chi connectivity index (χ2v) is 13.6. The molecule has 0 spiro atoms. The summed E-state index contributed by atoms with van der Waals surface area (Å²) in [7, 11) is 0. The lowest BCUT2D eigenvalue weighted by Crippen LogP contribution is -2.49. The number of thiazole rings is 1. The van der Waals surface area contributed by atoms with Gasteiger partial charge >= 0.3 is 18.0 Å². The van der Waals surface area contributed by atoms with Crippen LogP contribution in [0.5, 0.6) is 0 Å². The van der Waals surface area contributed by atoms with Crippen molar-refractivity contribution in [2.75, 3.05) is 17.2 Å². The Balaban J connectivity index is 1.67. The lowest BCUT2D eigenvalue weighted by molar-refractivity contribution is -0.156. The van der Waals surface area contributed by atoms with Crippen LogP contribution >= 0.6 is 11.3 Å². The van der Waals surface area contributed by atoms with E-state index in [0.717, 1.165) is 16.9 Å². The molecule has 5 amide bonds. The Kier molecular flexibility index (Phi) is 12.4. The molecule has 3 aromatic rings. The summed E-state index contributed by atoms with van der Waals surface area (Å²) in [6.45, 7) is 10.2. The van der Waals surface area contributed by atoms with Gasteiger partial charge in [0.1, 0.15) is 17.3 Å². The van der Waals surface area contributed by atoms with Gasteiger partial charge in [-0.15, -0.1) is 11.3 Å². The Morgan fingerprint density at radius 3 is 2.21 bits per heavy atom. The van der Waals surface area contributed by atoms with Crippen molar-refractivity contribution in [2.24, 2.45) is 0 Å². The number of ether oxygens (including phenoxy) is 1. The highest BCUT2D eigenvalue weighted by molar-refractivity contribution is 7.14. The molecule has 0 bridgehead atoms. The average Bonchev–Trinajstić information content (AvgIpc) is 3.46. The number of para-hydroxylation sites is 1. The first-order valence-electron chi connectivity index (χ1n) is 14.9. The van der Waals surface area contributed by atoms with Crippen molar-refractivity contribution in [2.45, 2.75) is 71.6 Å². The van der Waals surface area contributed by atoms with E-state index in [1.54, 1.807) is 32.9 Å². The van der Waals surface area contributed by atoms with E-state index >= 15 is 0 Å². The number of carboxylic acid groups (broad SMARTS) is 1. The van der Waals surface area contributed by atoms with Crippen LogP contribution < -0.4 is 26.6 Å². The summed E-state index contributed by atoms with van der Waals surface area (Å²) >= 11 is 1.00. The second kappa shape index (κ2) is 16.0. The number of benzene rings is 2. The van der Waals surface area contributed by atoms with Crippen LogP contribution in [0.4, 0.5) is 15.6 Å². The first kappa shape index (κ1) is 37.2. The Hall–Kier alpha value is -5.31. The highest BCUT2D eigenvalue weighted by Gasteiger charge is 2.30. The van der Waals surface area contributed by atoms with Crippen LogP contribution in [0.1, 0.15) is 79.9 Å². The normalized spacial score (nSPS) is 11.9. The van der Waals surface area contributed by atoms with E-state index in [9.17, 15) is 33.9 Å². The second-order valence-electron chi connectivity index (χ2n) is 12.7. The SMILES string of the molecule is CC(C)(C)OC(=O)C[C@H](NC(=O)CNC(=O)c1csc(NC(=O)NCc2ccccc2)n1)C(=O)Nc1c(C(=O)O)cccc1C(C)(C)C. The third-order valence-electron chi connectivity index (χ3n) is 6.46. The Bertz CT molecular complexity index is 1660. The summed E-state index contributed by atoms with van der Waals surface area (Å²) in [5.74, 6) is -4.47. The van der Waals surface area contributed by atoms with E-state index < -0.39 is 65.7 Å². The fourth-order valence-electron chi connectivity index (χ4n) is 4.31. The molecule has 0 saturated carbocycles. The van der Waals surface area contributed by atoms with Crippen molar-refractivity contribution in [1.29, 1.82) is 0 Å². The Morgan fingerprint density at radius 2 is 1.58 bits per heavy atom. The number of anilines is 2. The zero-order chi connectivity index (χ0) is 35.6. The van der Waals surface area contributed by atoms with Crippen molar-refractivity contribution in [3.8, 4) is 0 Å². The number of aromatic carboxylic acids is 1. The summed E-state index contributed by atoms with van der Waals surface area (Å²) in [5, 5.41) is 24.0. The molecule has 1 heterocycles. The molecule has 6 N–H and O–H groups in total. The fraction of sp³-hybridized carbons (Fsp3) is 0.364. The number of carbonyl (C=O) groups is 6. The van der Waals surface area contributed by atoms with Gasteiger partial charge in [0.25, 0.3) is 5.91 Å². The minimum absolute atomic E-state index is 0.0286. The quantitative estimate of drug-likeness (QED) is 0.153. The van der Waals surface area contributed by atoms with Crippen molar-refractivity contribution in [3.05, 3.63) is 76.3 Å². The molecule has 14 nitrogen and oxygen atoms in total. The van der Waals surface area contributed by atoms with Gasteiger partial charge in [-0.2, -0.15) is 0 Å². The van der Waals surface area contributed by atoms with E-state index in [1.807, 2.05) is 51.1 Å². The topological polar surface area (TPSA) is 205 Å². The number of esters is 1. The van der Waals surface area contributed by atoms with E-state index in [0.29, 0.717) is 5.56 Å². The van der Waals surface area contributed by atoms with Gasteiger partial charge in [-0.25, -0.2) is 14.6 Å². The van der Waals surface area contributed by atoms with E-state index in [1.165, 1.54) is 11.4 Å². The predicted octanol–water partition coefficient (Wildman–Crippen LogP) is 4.05. The summed E-state index contributed by atoms with van der Waals surface area (Å²) in [4.78, 5) is 80.1. The molecule has 0 radical (unpaired) electrons. The zero-order valence-electron chi connectivity index (χ0n) is 27.6.